The summed E-state index contributed by atoms with van der Waals surface area (Å²) in [7, 11) is 1.54. The van der Waals surface area contributed by atoms with E-state index >= 15 is 0 Å². The van der Waals surface area contributed by atoms with Crippen LogP contribution >= 0.6 is 11.8 Å². The Kier molecular flexibility index (Phi) is 6.01. The van der Waals surface area contributed by atoms with E-state index in [1.54, 1.807) is 25.3 Å². The summed E-state index contributed by atoms with van der Waals surface area (Å²) in [5.41, 5.74) is 2.46. The lowest BCUT2D eigenvalue weighted by atomic mass is 10.1. The fraction of sp³-hybridized carbons (Fsp3) is 0.300. The van der Waals surface area contributed by atoms with E-state index in [0.717, 1.165) is 11.1 Å². The largest absolute Gasteiger partial charge is 0.495 e. The maximum atomic E-state index is 13.0. The molecule has 1 heterocycles. The first-order chi connectivity index (χ1) is 13.0. The minimum Gasteiger partial charge on any atom is -0.495 e. The van der Waals surface area contributed by atoms with Gasteiger partial charge in [0.05, 0.1) is 18.0 Å². The third-order valence-corrected chi connectivity index (χ3v) is 5.65. The lowest BCUT2D eigenvalue weighted by molar-refractivity contribution is -0.126. The summed E-state index contributed by atoms with van der Waals surface area (Å²) in [6.45, 7) is 1.92. The Bertz CT molecular complexity index is 842. The quantitative estimate of drug-likeness (QED) is 0.827. The molecule has 0 spiro atoms. The summed E-state index contributed by atoms with van der Waals surface area (Å²) < 4.78 is 18.3. The lowest BCUT2D eigenvalue weighted by Crippen LogP contribution is -2.52. The van der Waals surface area contributed by atoms with Gasteiger partial charge in [-0.25, -0.2) is 4.39 Å². The summed E-state index contributed by atoms with van der Waals surface area (Å²) in [6.07, 6.45) is 0.497. The molecule has 2 aromatic carbocycles. The first-order valence-corrected chi connectivity index (χ1v) is 9.63. The standard InChI is InChI=1S/C20H21FN2O3S/c1-12-3-8-17(26-2)15(9-12)22-19(24)16-11-27-18(20(25)23-16)10-13-4-6-14(21)7-5-13/h3-9,16,18H,10-11H2,1-2H3,(H,22,24)(H,23,25). The van der Waals surface area contributed by atoms with Crippen molar-refractivity contribution in [3.05, 3.63) is 59.4 Å². The highest BCUT2D eigenvalue weighted by molar-refractivity contribution is 8.00. The normalized spacial score (nSPS) is 19.3. The molecule has 1 aliphatic rings. The highest BCUT2D eigenvalue weighted by Gasteiger charge is 2.32. The molecule has 1 aliphatic heterocycles. The van der Waals surface area contributed by atoms with Crippen LogP contribution in [-0.2, 0) is 16.0 Å². The number of benzene rings is 2. The molecule has 0 saturated carbocycles. The maximum absolute atomic E-state index is 13.0. The lowest BCUT2D eigenvalue weighted by Gasteiger charge is -2.28. The van der Waals surface area contributed by atoms with Crippen LogP contribution in [0, 0.1) is 12.7 Å². The number of carbonyl (C=O) groups excluding carboxylic acids is 2. The van der Waals surface area contributed by atoms with Gasteiger partial charge in [-0.15, -0.1) is 11.8 Å². The summed E-state index contributed by atoms with van der Waals surface area (Å²) in [5.74, 6) is 0.269. The Balaban J connectivity index is 1.60. The topological polar surface area (TPSA) is 67.4 Å². The number of aryl methyl sites for hydroxylation is 1. The monoisotopic (exact) mass is 388 g/mol. The average Bonchev–Trinajstić information content (AvgIpc) is 2.65. The van der Waals surface area contributed by atoms with Crippen molar-refractivity contribution in [2.75, 3.05) is 18.2 Å². The smallest absolute Gasteiger partial charge is 0.247 e. The second-order valence-corrected chi connectivity index (χ2v) is 7.64. The molecule has 1 fully saturated rings. The molecule has 2 aromatic rings. The van der Waals surface area contributed by atoms with Gasteiger partial charge in [-0.3, -0.25) is 9.59 Å². The summed E-state index contributed by atoms with van der Waals surface area (Å²) in [4.78, 5) is 25.0. The fourth-order valence-corrected chi connectivity index (χ4v) is 4.05. The van der Waals surface area contributed by atoms with E-state index in [2.05, 4.69) is 10.6 Å². The van der Waals surface area contributed by atoms with Crippen LogP contribution in [0.25, 0.3) is 0 Å². The molecule has 2 N–H and O–H groups in total. The van der Waals surface area contributed by atoms with E-state index in [0.29, 0.717) is 23.6 Å². The Labute approximate surface area is 161 Å². The molecule has 0 radical (unpaired) electrons. The number of hydrogen-bond donors (Lipinski definition) is 2. The number of hydrogen-bond acceptors (Lipinski definition) is 4. The van der Waals surface area contributed by atoms with E-state index < -0.39 is 6.04 Å². The molecule has 0 aromatic heterocycles. The predicted octanol–water partition coefficient (Wildman–Crippen LogP) is 2.92. The van der Waals surface area contributed by atoms with Crippen molar-refractivity contribution >= 4 is 29.3 Å². The zero-order chi connectivity index (χ0) is 19.4. The van der Waals surface area contributed by atoms with Crippen molar-refractivity contribution < 1.29 is 18.7 Å². The fourth-order valence-electron chi connectivity index (χ4n) is 2.86. The Morgan fingerprint density at radius 2 is 2.04 bits per heavy atom. The van der Waals surface area contributed by atoms with Crippen molar-refractivity contribution in [2.45, 2.75) is 24.6 Å². The van der Waals surface area contributed by atoms with Gasteiger partial charge >= 0.3 is 0 Å². The molecule has 2 unspecified atom stereocenters. The Morgan fingerprint density at radius 3 is 2.70 bits per heavy atom. The van der Waals surface area contributed by atoms with E-state index in [9.17, 15) is 14.0 Å². The van der Waals surface area contributed by atoms with E-state index in [-0.39, 0.29) is 22.9 Å². The SMILES string of the molecule is COc1ccc(C)cc1NC(=O)C1CSC(Cc2ccc(F)cc2)C(=O)N1. The number of carbonyl (C=O) groups is 2. The van der Waals surface area contributed by atoms with Crippen LogP contribution < -0.4 is 15.4 Å². The van der Waals surface area contributed by atoms with Crippen LogP contribution in [0.3, 0.4) is 0 Å². The van der Waals surface area contributed by atoms with Gasteiger partial charge in [-0.2, -0.15) is 0 Å². The first-order valence-electron chi connectivity index (χ1n) is 8.58. The van der Waals surface area contributed by atoms with Crippen LogP contribution in [-0.4, -0.2) is 36.0 Å². The second kappa shape index (κ2) is 8.43. The zero-order valence-electron chi connectivity index (χ0n) is 15.1. The molecule has 142 valence electrons. The van der Waals surface area contributed by atoms with Crippen LogP contribution in [0.5, 0.6) is 5.75 Å². The molecule has 5 nitrogen and oxygen atoms in total. The summed E-state index contributed by atoms with van der Waals surface area (Å²) in [6, 6.07) is 11.0. The number of halogens is 1. The predicted molar refractivity (Wildman–Crippen MR) is 105 cm³/mol. The molecule has 0 bridgehead atoms. The molecule has 2 atom stereocenters. The number of ether oxygens (including phenoxy) is 1. The molecular weight excluding hydrogens is 367 g/mol. The van der Waals surface area contributed by atoms with Crippen LogP contribution in [0.2, 0.25) is 0 Å². The number of anilines is 1. The highest BCUT2D eigenvalue weighted by Crippen LogP contribution is 2.27. The van der Waals surface area contributed by atoms with Gasteiger partial charge in [-0.1, -0.05) is 18.2 Å². The molecule has 1 saturated heterocycles. The second-order valence-electron chi connectivity index (χ2n) is 6.41. The number of amides is 2. The molecule has 7 heteroatoms. The summed E-state index contributed by atoms with van der Waals surface area (Å²) >= 11 is 1.43. The third kappa shape index (κ3) is 4.80. The number of methoxy groups -OCH3 is 1. The van der Waals surface area contributed by atoms with Crippen molar-refractivity contribution in [1.29, 1.82) is 0 Å². The highest BCUT2D eigenvalue weighted by atomic mass is 32.2. The van der Waals surface area contributed by atoms with Crippen molar-refractivity contribution in [3.63, 3.8) is 0 Å². The van der Waals surface area contributed by atoms with Crippen LogP contribution in [0.1, 0.15) is 11.1 Å². The van der Waals surface area contributed by atoms with Gasteiger partial charge in [-0.05, 0) is 48.7 Å². The minimum absolute atomic E-state index is 0.188. The van der Waals surface area contributed by atoms with Gasteiger partial charge in [0, 0.05) is 5.75 Å². The van der Waals surface area contributed by atoms with Gasteiger partial charge in [0.25, 0.3) is 0 Å². The molecule has 0 aliphatic carbocycles. The Hall–Kier alpha value is -2.54. The average molecular weight is 388 g/mol. The third-order valence-electron chi connectivity index (χ3n) is 4.34. The maximum Gasteiger partial charge on any atom is 0.247 e. The van der Waals surface area contributed by atoms with Crippen molar-refractivity contribution in [1.82, 2.24) is 5.32 Å². The number of nitrogens with one attached hydrogen (secondary N) is 2. The molecule has 3 rings (SSSR count). The first kappa shape index (κ1) is 19.2. The molecular formula is C20H21FN2O3S. The van der Waals surface area contributed by atoms with Crippen molar-refractivity contribution in [2.24, 2.45) is 0 Å². The van der Waals surface area contributed by atoms with Crippen LogP contribution in [0.4, 0.5) is 10.1 Å². The van der Waals surface area contributed by atoms with E-state index in [1.807, 2.05) is 19.1 Å². The number of rotatable bonds is 5. The van der Waals surface area contributed by atoms with E-state index in [4.69, 9.17) is 4.74 Å². The van der Waals surface area contributed by atoms with Gasteiger partial charge in [0.15, 0.2) is 0 Å². The van der Waals surface area contributed by atoms with Gasteiger partial charge < -0.3 is 15.4 Å². The zero-order valence-corrected chi connectivity index (χ0v) is 15.9. The molecule has 2 amide bonds. The minimum atomic E-state index is -0.614. The number of thioether (sulfide) groups is 1. The van der Waals surface area contributed by atoms with Gasteiger partial charge in [0.1, 0.15) is 17.6 Å². The van der Waals surface area contributed by atoms with Gasteiger partial charge in [0.2, 0.25) is 11.8 Å². The van der Waals surface area contributed by atoms with Crippen LogP contribution in [0.15, 0.2) is 42.5 Å². The summed E-state index contributed by atoms with van der Waals surface area (Å²) in [5, 5.41) is 5.32. The Morgan fingerprint density at radius 1 is 1.30 bits per heavy atom. The van der Waals surface area contributed by atoms with Crippen molar-refractivity contribution in [3.8, 4) is 5.75 Å². The molecule has 27 heavy (non-hydrogen) atoms. The van der Waals surface area contributed by atoms with E-state index in [1.165, 1.54) is 23.9 Å².